The zero-order valence-corrected chi connectivity index (χ0v) is 12.9. The first-order chi connectivity index (χ1) is 11.7. The monoisotopic (exact) mass is 325 g/mol. The lowest BCUT2D eigenvalue weighted by atomic mass is 10.2. The van der Waals surface area contributed by atoms with Gasteiger partial charge in [0.2, 0.25) is 0 Å². The minimum atomic E-state index is -0.775. The molecule has 2 aromatic carbocycles. The average molecular weight is 325 g/mol. The molecule has 1 amide bonds. The van der Waals surface area contributed by atoms with E-state index in [4.69, 9.17) is 4.74 Å². The molecule has 0 spiro atoms. The molecule has 7 nitrogen and oxygen atoms in total. The number of aromatic nitrogens is 2. The van der Waals surface area contributed by atoms with Crippen LogP contribution in [-0.4, -0.2) is 28.9 Å². The van der Waals surface area contributed by atoms with Crippen molar-refractivity contribution in [1.29, 1.82) is 0 Å². The molecule has 1 aromatic heterocycles. The van der Waals surface area contributed by atoms with Gasteiger partial charge in [0.25, 0.3) is 5.91 Å². The molecule has 0 bridgehead atoms. The van der Waals surface area contributed by atoms with Crippen LogP contribution in [0.2, 0.25) is 0 Å². The minimum Gasteiger partial charge on any atom is -0.434 e. The number of nitrogens with zero attached hydrogens (tertiary/aromatic N) is 1. The van der Waals surface area contributed by atoms with Crippen molar-refractivity contribution in [1.82, 2.24) is 10.2 Å². The number of carbonyl (C=O) groups excluding carboxylic acids is 2. The summed E-state index contributed by atoms with van der Waals surface area (Å²) in [6.45, 7) is 1.93. The summed E-state index contributed by atoms with van der Waals surface area (Å²) in [6.07, 6.45) is 0.936. The standard InChI is InChI=1S/C17H15N3O4/c1-2-23-17(22)24-14-7-4-11(5-8-14)16(21)19-13-6-3-12-10-18-20-15(12)9-13/h3-10H,2H2,1H3,(H,18,20)(H,19,21). The van der Waals surface area contributed by atoms with E-state index in [1.807, 2.05) is 6.07 Å². The Bertz CT molecular complexity index is 871. The summed E-state index contributed by atoms with van der Waals surface area (Å²) in [4.78, 5) is 23.5. The van der Waals surface area contributed by atoms with E-state index in [-0.39, 0.29) is 12.5 Å². The molecule has 24 heavy (non-hydrogen) atoms. The van der Waals surface area contributed by atoms with Crippen molar-refractivity contribution >= 4 is 28.7 Å². The van der Waals surface area contributed by atoms with Crippen LogP contribution in [0.4, 0.5) is 10.5 Å². The molecule has 3 aromatic rings. The van der Waals surface area contributed by atoms with Crippen molar-refractivity contribution < 1.29 is 19.1 Å². The van der Waals surface area contributed by atoms with Crippen molar-refractivity contribution in [3.8, 4) is 5.75 Å². The molecule has 3 rings (SSSR count). The molecule has 0 saturated heterocycles. The highest BCUT2D eigenvalue weighted by molar-refractivity contribution is 6.05. The summed E-state index contributed by atoms with van der Waals surface area (Å²) in [5, 5.41) is 10.6. The fourth-order valence-corrected chi connectivity index (χ4v) is 2.14. The van der Waals surface area contributed by atoms with Crippen molar-refractivity contribution in [2.75, 3.05) is 11.9 Å². The van der Waals surface area contributed by atoms with Crippen molar-refractivity contribution in [3.05, 3.63) is 54.2 Å². The van der Waals surface area contributed by atoms with Gasteiger partial charge in [0.1, 0.15) is 5.75 Å². The second-order valence-electron chi connectivity index (χ2n) is 4.94. The van der Waals surface area contributed by atoms with Gasteiger partial charge < -0.3 is 14.8 Å². The Kier molecular flexibility index (Phi) is 4.42. The quantitative estimate of drug-likeness (QED) is 0.567. The predicted molar refractivity (Wildman–Crippen MR) is 88.1 cm³/mol. The van der Waals surface area contributed by atoms with E-state index >= 15 is 0 Å². The summed E-state index contributed by atoms with van der Waals surface area (Å²) in [6, 6.07) is 11.7. The van der Waals surface area contributed by atoms with Gasteiger partial charge in [0.15, 0.2) is 0 Å². The predicted octanol–water partition coefficient (Wildman–Crippen LogP) is 3.35. The first-order valence-electron chi connectivity index (χ1n) is 7.35. The molecular formula is C17H15N3O4. The maximum absolute atomic E-state index is 12.3. The summed E-state index contributed by atoms with van der Waals surface area (Å²) < 4.78 is 9.63. The molecular weight excluding hydrogens is 310 g/mol. The van der Waals surface area contributed by atoms with Gasteiger partial charge in [-0.2, -0.15) is 5.10 Å². The zero-order valence-electron chi connectivity index (χ0n) is 12.9. The molecule has 2 N–H and O–H groups in total. The number of aromatic amines is 1. The maximum Gasteiger partial charge on any atom is 0.513 e. The van der Waals surface area contributed by atoms with Gasteiger partial charge in [-0.1, -0.05) is 0 Å². The number of rotatable bonds is 4. The van der Waals surface area contributed by atoms with E-state index in [1.165, 1.54) is 12.1 Å². The Balaban J connectivity index is 1.67. The van der Waals surface area contributed by atoms with Crippen LogP contribution >= 0.6 is 0 Å². The molecule has 0 fully saturated rings. The molecule has 0 saturated carbocycles. The Labute approximate surface area is 137 Å². The molecule has 122 valence electrons. The number of hydrogen-bond donors (Lipinski definition) is 2. The number of amides is 1. The Morgan fingerprint density at radius 2 is 1.96 bits per heavy atom. The van der Waals surface area contributed by atoms with Gasteiger partial charge in [-0.05, 0) is 49.4 Å². The largest absolute Gasteiger partial charge is 0.513 e. The van der Waals surface area contributed by atoms with Gasteiger partial charge in [0, 0.05) is 16.6 Å². The number of H-pyrrole nitrogens is 1. The second-order valence-corrected chi connectivity index (χ2v) is 4.94. The van der Waals surface area contributed by atoms with Gasteiger partial charge in [0.05, 0.1) is 18.3 Å². The molecule has 0 unspecified atom stereocenters. The van der Waals surface area contributed by atoms with E-state index in [0.29, 0.717) is 17.0 Å². The molecule has 0 aliphatic rings. The summed E-state index contributed by atoms with van der Waals surface area (Å²) in [5.74, 6) is 0.0421. The molecule has 0 atom stereocenters. The molecule has 1 heterocycles. The fourth-order valence-electron chi connectivity index (χ4n) is 2.14. The van der Waals surface area contributed by atoms with Crippen molar-refractivity contribution in [2.45, 2.75) is 6.92 Å². The third-order valence-corrected chi connectivity index (χ3v) is 3.28. The van der Waals surface area contributed by atoms with E-state index in [1.54, 1.807) is 37.4 Å². The number of ether oxygens (including phenoxy) is 2. The van der Waals surface area contributed by atoms with Crippen LogP contribution in [0.5, 0.6) is 5.75 Å². The van der Waals surface area contributed by atoms with E-state index in [9.17, 15) is 9.59 Å². The second kappa shape index (κ2) is 6.82. The number of anilines is 1. The van der Waals surface area contributed by atoms with Crippen LogP contribution in [0.3, 0.4) is 0 Å². The van der Waals surface area contributed by atoms with Crippen LogP contribution in [0, 0.1) is 0 Å². The lowest BCUT2D eigenvalue weighted by Gasteiger charge is -2.07. The number of nitrogens with one attached hydrogen (secondary N) is 2. The van der Waals surface area contributed by atoms with Crippen LogP contribution < -0.4 is 10.1 Å². The van der Waals surface area contributed by atoms with Crippen LogP contribution in [-0.2, 0) is 4.74 Å². The SMILES string of the molecule is CCOC(=O)Oc1ccc(C(=O)Nc2ccc3cn[nH]c3c2)cc1. The summed E-state index contributed by atoms with van der Waals surface area (Å²) in [5.41, 5.74) is 1.94. The highest BCUT2D eigenvalue weighted by Gasteiger charge is 2.09. The number of hydrogen-bond acceptors (Lipinski definition) is 5. The van der Waals surface area contributed by atoms with Crippen molar-refractivity contribution in [3.63, 3.8) is 0 Å². The number of benzene rings is 2. The Morgan fingerprint density at radius 1 is 1.17 bits per heavy atom. The van der Waals surface area contributed by atoms with Gasteiger partial charge in [-0.15, -0.1) is 0 Å². The highest BCUT2D eigenvalue weighted by atomic mass is 16.7. The third kappa shape index (κ3) is 3.52. The first kappa shape index (κ1) is 15.5. The van der Waals surface area contributed by atoms with Crippen LogP contribution in [0.25, 0.3) is 10.9 Å². The third-order valence-electron chi connectivity index (χ3n) is 3.28. The molecule has 0 aliphatic heterocycles. The van der Waals surface area contributed by atoms with Gasteiger partial charge >= 0.3 is 6.16 Å². The first-order valence-corrected chi connectivity index (χ1v) is 7.35. The van der Waals surface area contributed by atoms with E-state index in [2.05, 4.69) is 20.3 Å². The lowest BCUT2D eigenvalue weighted by Crippen LogP contribution is -2.12. The summed E-state index contributed by atoms with van der Waals surface area (Å²) >= 11 is 0. The van der Waals surface area contributed by atoms with Gasteiger partial charge in [-0.25, -0.2) is 4.79 Å². The maximum atomic E-state index is 12.3. The number of carbonyl (C=O) groups is 2. The topological polar surface area (TPSA) is 93.3 Å². The highest BCUT2D eigenvalue weighted by Crippen LogP contribution is 2.18. The van der Waals surface area contributed by atoms with Gasteiger partial charge in [-0.3, -0.25) is 9.89 Å². The molecule has 0 aliphatic carbocycles. The normalized spacial score (nSPS) is 10.4. The summed E-state index contributed by atoms with van der Waals surface area (Å²) in [7, 11) is 0. The number of fused-ring (bicyclic) bond motifs is 1. The zero-order chi connectivity index (χ0) is 16.9. The van der Waals surface area contributed by atoms with E-state index < -0.39 is 6.16 Å². The van der Waals surface area contributed by atoms with Crippen LogP contribution in [0.1, 0.15) is 17.3 Å². The average Bonchev–Trinajstić information content (AvgIpc) is 3.03. The smallest absolute Gasteiger partial charge is 0.434 e. The lowest BCUT2D eigenvalue weighted by molar-refractivity contribution is 0.102. The molecule has 7 heteroatoms. The van der Waals surface area contributed by atoms with Crippen LogP contribution in [0.15, 0.2) is 48.7 Å². The van der Waals surface area contributed by atoms with Crippen molar-refractivity contribution in [2.24, 2.45) is 0 Å². The minimum absolute atomic E-state index is 0.236. The molecule has 0 radical (unpaired) electrons. The van der Waals surface area contributed by atoms with E-state index in [0.717, 1.165) is 10.9 Å². The fraction of sp³-hybridized carbons (Fsp3) is 0.118. The Morgan fingerprint density at radius 3 is 2.71 bits per heavy atom. The Hall–Kier alpha value is -3.35.